The van der Waals surface area contributed by atoms with E-state index < -0.39 is 5.97 Å². The maximum absolute atomic E-state index is 10.3. The molecule has 6 heteroatoms. The van der Waals surface area contributed by atoms with Crippen LogP contribution in [0.1, 0.15) is 15.9 Å². The minimum absolute atomic E-state index is 0. The van der Waals surface area contributed by atoms with Gasteiger partial charge in [-0.2, -0.15) is 0 Å². The van der Waals surface area contributed by atoms with Crippen LogP contribution in [0.2, 0.25) is 5.02 Å². The number of anilines is 1. The monoisotopic (exact) mass is 579 g/mol. The first-order valence-corrected chi connectivity index (χ1v) is 8.25. The summed E-state index contributed by atoms with van der Waals surface area (Å²) in [5.41, 5.74) is 2.31. The summed E-state index contributed by atoms with van der Waals surface area (Å²) in [6.45, 7) is 0. The van der Waals surface area contributed by atoms with Crippen LogP contribution >= 0.6 is 23.8 Å². The van der Waals surface area contributed by atoms with Crippen molar-refractivity contribution in [2.45, 2.75) is 0 Å². The molecule has 0 unspecified atom stereocenters. The van der Waals surface area contributed by atoms with Crippen molar-refractivity contribution in [2.24, 2.45) is 0 Å². The van der Waals surface area contributed by atoms with Gasteiger partial charge in [-0.15, -0.1) is 0 Å². The van der Waals surface area contributed by atoms with Gasteiger partial charge in [0.2, 0.25) is 0 Å². The molecule has 3 aromatic rings. The number of rotatable bonds is 3. The van der Waals surface area contributed by atoms with Crippen molar-refractivity contribution < 1.29 is 9.90 Å². The van der Waals surface area contributed by atoms with E-state index in [1.807, 2.05) is 60.7 Å². The standard InChI is InChI=1S/C13H11NS.C7H5ClO2.Pb.2H/c15-13(11-7-3-1-4-8-11)14-12-9-5-2-6-10-12;8-6-3-1-5(2-4-6)7(9)10;;;/h1-10H,(H,14,15);1-4H,(H,9,10);;;. The molecule has 2 N–H and O–H groups in total. The van der Waals surface area contributed by atoms with E-state index in [1.165, 1.54) is 12.1 Å². The predicted molar refractivity (Wildman–Crippen MR) is 115 cm³/mol. The molecule has 0 aliphatic rings. The van der Waals surface area contributed by atoms with Crippen molar-refractivity contribution in [3.05, 3.63) is 101 Å². The molecule has 0 aromatic heterocycles. The van der Waals surface area contributed by atoms with Gasteiger partial charge in [0, 0.05) is 16.3 Å². The molecule has 3 nitrogen and oxygen atoms in total. The zero-order valence-corrected chi connectivity index (χ0v) is 21.0. The van der Waals surface area contributed by atoms with Crippen LogP contribution < -0.4 is 5.32 Å². The van der Waals surface area contributed by atoms with Gasteiger partial charge < -0.3 is 10.4 Å². The number of hydrogen-bond acceptors (Lipinski definition) is 2. The molecule has 0 spiro atoms. The van der Waals surface area contributed by atoms with E-state index in [4.69, 9.17) is 28.9 Å². The summed E-state index contributed by atoms with van der Waals surface area (Å²) in [5.74, 6) is -0.934. The molecule has 0 fully saturated rings. The number of benzene rings is 3. The van der Waals surface area contributed by atoms with Crippen LogP contribution in [0.25, 0.3) is 0 Å². The van der Waals surface area contributed by atoms with Crippen molar-refractivity contribution in [1.29, 1.82) is 0 Å². The molecule has 0 heterocycles. The SMILES string of the molecule is O=C(O)c1ccc(Cl)cc1.S=C(Nc1ccccc1)c1ccccc1.[PbH2]. The van der Waals surface area contributed by atoms with E-state index in [9.17, 15) is 4.79 Å². The van der Waals surface area contributed by atoms with Crippen molar-refractivity contribution in [3.63, 3.8) is 0 Å². The summed E-state index contributed by atoms with van der Waals surface area (Å²) in [4.78, 5) is 11.0. The summed E-state index contributed by atoms with van der Waals surface area (Å²) in [6.07, 6.45) is 0. The molecule has 0 saturated heterocycles. The maximum atomic E-state index is 10.3. The normalized spacial score (nSPS) is 9.12. The third-order valence-corrected chi connectivity index (χ3v) is 3.75. The number of aromatic carboxylic acids is 1. The molecule has 26 heavy (non-hydrogen) atoms. The van der Waals surface area contributed by atoms with E-state index in [-0.39, 0.29) is 32.9 Å². The summed E-state index contributed by atoms with van der Waals surface area (Å²) >= 11 is 10.8. The van der Waals surface area contributed by atoms with Gasteiger partial charge in [0.25, 0.3) is 0 Å². The Balaban J connectivity index is 0.000000270. The molecule has 0 bridgehead atoms. The van der Waals surface area contributed by atoms with Gasteiger partial charge in [-0.05, 0) is 36.4 Å². The first-order valence-electron chi connectivity index (χ1n) is 7.46. The number of para-hydroxylation sites is 1. The molecule has 0 aliphatic carbocycles. The third kappa shape index (κ3) is 7.63. The molecule has 0 saturated carbocycles. The van der Waals surface area contributed by atoms with Crippen molar-refractivity contribution >= 4 is 67.8 Å². The number of halogens is 1. The van der Waals surface area contributed by atoms with Gasteiger partial charge in [-0.3, -0.25) is 0 Å². The van der Waals surface area contributed by atoms with E-state index in [2.05, 4.69) is 5.32 Å². The number of carboxylic acid groups (broad SMARTS) is 1. The summed E-state index contributed by atoms with van der Waals surface area (Å²) in [6, 6.07) is 25.9. The zero-order chi connectivity index (χ0) is 18.1. The number of hydrogen-bond donors (Lipinski definition) is 2. The molecule has 2 radical (unpaired) electrons. The van der Waals surface area contributed by atoms with Gasteiger partial charge in [-0.1, -0.05) is 72.3 Å². The minimum atomic E-state index is -0.934. The molecule has 0 amide bonds. The summed E-state index contributed by atoms with van der Waals surface area (Å²) < 4.78 is 0. The molecule has 3 rings (SSSR count). The number of carbonyl (C=O) groups is 1. The topological polar surface area (TPSA) is 49.3 Å². The molecule has 0 aliphatic heterocycles. The zero-order valence-electron chi connectivity index (χ0n) is 13.9. The van der Waals surface area contributed by atoms with Crippen LogP contribution in [-0.2, 0) is 0 Å². The fourth-order valence-electron chi connectivity index (χ4n) is 1.91. The Kier molecular flexibility index (Phi) is 10.1. The average Bonchev–Trinajstić information content (AvgIpc) is 2.64. The van der Waals surface area contributed by atoms with Gasteiger partial charge in [0.05, 0.1) is 5.56 Å². The van der Waals surface area contributed by atoms with Crippen LogP contribution in [0.15, 0.2) is 84.9 Å². The fourth-order valence-corrected chi connectivity index (χ4v) is 2.29. The molecular weight excluding hydrogens is 561 g/mol. The first-order chi connectivity index (χ1) is 12.1. The van der Waals surface area contributed by atoms with Gasteiger partial charge in [-0.25, -0.2) is 4.79 Å². The second-order valence-corrected chi connectivity index (χ2v) is 5.84. The molecule has 132 valence electrons. The Morgan fingerprint density at radius 1 is 0.808 bits per heavy atom. The predicted octanol–water partition coefficient (Wildman–Crippen LogP) is 4.60. The van der Waals surface area contributed by atoms with Crippen LogP contribution in [0.3, 0.4) is 0 Å². The van der Waals surface area contributed by atoms with Gasteiger partial charge >= 0.3 is 33.3 Å². The van der Waals surface area contributed by atoms with Crippen LogP contribution in [-0.4, -0.2) is 43.4 Å². The Morgan fingerprint density at radius 2 is 1.31 bits per heavy atom. The van der Waals surface area contributed by atoms with Gasteiger partial charge in [0.15, 0.2) is 0 Å². The molecule has 0 atom stereocenters. The number of carboxylic acids is 1. The van der Waals surface area contributed by atoms with E-state index in [0.29, 0.717) is 5.02 Å². The second kappa shape index (κ2) is 11.8. The third-order valence-electron chi connectivity index (χ3n) is 3.16. The number of nitrogens with one attached hydrogen (secondary N) is 1. The van der Waals surface area contributed by atoms with Crippen molar-refractivity contribution in [3.8, 4) is 0 Å². The second-order valence-electron chi connectivity index (χ2n) is 5.00. The summed E-state index contributed by atoms with van der Waals surface area (Å²) in [7, 11) is 0. The van der Waals surface area contributed by atoms with Crippen LogP contribution in [0, 0.1) is 0 Å². The van der Waals surface area contributed by atoms with E-state index in [0.717, 1.165) is 16.2 Å². The van der Waals surface area contributed by atoms with Gasteiger partial charge in [0.1, 0.15) is 4.99 Å². The Labute approximate surface area is 183 Å². The molecular formula is C20H18ClNO2PbS. The average molecular weight is 579 g/mol. The fraction of sp³-hybridized carbons (Fsp3) is 0. The summed E-state index contributed by atoms with van der Waals surface area (Å²) in [5, 5.41) is 12.2. The van der Waals surface area contributed by atoms with Crippen molar-refractivity contribution in [2.75, 3.05) is 5.32 Å². The first kappa shape index (κ1) is 22.3. The van der Waals surface area contributed by atoms with Crippen LogP contribution in [0.5, 0.6) is 0 Å². The molecule has 3 aromatic carbocycles. The number of thiocarbonyl (C=S) groups is 1. The van der Waals surface area contributed by atoms with Crippen LogP contribution in [0.4, 0.5) is 5.69 Å². The van der Waals surface area contributed by atoms with E-state index in [1.54, 1.807) is 12.1 Å². The van der Waals surface area contributed by atoms with Crippen molar-refractivity contribution in [1.82, 2.24) is 0 Å². The Bertz CT molecular complexity index is 827. The van der Waals surface area contributed by atoms with E-state index >= 15 is 0 Å². The Hall–Kier alpha value is -1.77. The quantitative estimate of drug-likeness (QED) is 0.352. The Morgan fingerprint density at radius 3 is 1.81 bits per heavy atom.